The second kappa shape index (κ2) is 4.10. The number of hydrogen-bond donors (Lipinski definition) is 2. The molecule has 2 N–H and O–H groups in total. The number of aliphatic hydroxyl groups is 2. The van der Waals surface area contributed by atoms with Crippen LogP contribution < -0.4 is 0 Å². The summed E-state index contributed by atoms with van der Waals surface area (Å²) in [5.74, 6) is 0.937. The van der Waals surface area contributed by atoms with E-state index in [9.17, 15) is 10.2 Å². The zero-order chi connectivity index (χ0) is 12.8. The Morgan fingerprint density at radius 2 is 2.00 bits per heavy atom. The fraction of sp³-hybridized carbons (Fsp3) is 0.867. The van der Waals surface area contributed by atoms with E-state index in [2.05, 4.69) is 13.0 Å². The van der Waals surface area contributed by atoms with Gasteiger partial charge in [-0.25, -0.2) is 0 Å². The summed E-state index contributed by atoms with van der Waals surface area (Å²) >= 11 is 0. The molecule has 0 heterocycles. The van der Waals surface area contributed by atoms with Gasteiger partial charge in [0.15, 0.2) is 0 Å². The predicted octanol–water partition coefficient (Wildman–Crippen LogP) is 2.89. The molecule has 17 heavy (non-hydrogen) atoms. The lowest BCUT2D eigenvalue weighted by Gasteiger charge is -2.51. The normalized spacial score (nSPS) is 42.9. The Bertz CT molecular complexity index is 322. The van der Waals surface area contributed by atoms with Gasteiger partial charge < -0.3 is 10.2 Å². The maximum absolute atomic E-state index is 10.5. The maximum atomic E-state index is 10.5. The Morgan fingerprint density at radius 1 is 1.35 bits per heavy atom. The van der Waals surface area contributed by atoms with E-state index in [0.29, 0.717) is 11.8 Å². The molecule has 2 aliphatic carbocycles. The van der Waals surface area contributed by atoms with Gasteiger partial charge in [-0.1, -0.05) is 11.6 Å². The first kappa shape index (κ1) is 13.1. The van der Waals surface area contributed by atoms with Crippen molar-refractivity contribution in [1.29, 1.82) is 0 Å². The van der Waals surface area contributed by atoms with Gasteiger partial charge in [-0.2, -0.15) is 0 Å². The highest BCUT2D eigenvalue weighted by Gasteiger charge is 2.49. The van der Waals surface area contributed by atoms with Crippen molar-refractivity contribution < 1.29 is 10.2 Å². The summed E-state index contributed by atoms with van der Waals surface area (Å²) in [4.78, 5) is 0. The second-order valence-electron chi connectivity index (χ2n) is 6.89. The Balaban J connectivity index is 2.32. The topological polar surface area (TPSA) is 40.5 Å². The minimum atomic E-state index is -0.645. The monoisotopic (exact) mass is 238 g/mol. The average Bonchev–Trinajstić information content (AvgIpc) is 2.14. The first-order valence-electron chi connectivity index (χ1n) is 6.84. The third kappa shape index (κ3) is 2.43. The highest BCUT2D eigenvalue weighted by Crippen LogP contribution is 2.50. The van der Waals surface area contributed by atoms with Crippen LogP contribution in [0.4, 0.5) is 0 Å². The molecule has 0 aromatic carbocycles. The van der Waals surface area contributed by atoms with Gasteiger partial charge in [0.2, 0.25) is 0 Å². The van der Waals surface area contributed by atoms with E-state index in [1.54, 1.807) is 0 Å². The van der Waals surface area contributed by atoms with E-state index >= 15 is 0 Å². The molecular formula is C15H26O2. The minimum absolute atomic E-state index is 0.281. The van der Waals surface area contributed by atoms with Gasteiger partial charge in [0.1, 0.15) is 0 Å². The van der Waals surface area contributed by atoms with Gasteiger partial charge in [-0.05, 0) is 71.1 Å². The Morgan fingerprint density at radius 3 is 2.59 bits per heavy atom. The quantitative estimate of drug-likeness (QED) is 0.690. The van der Waals surface area contributed by atoms with Gasteiger partial charge in [-0.15, -0.1) is 0 Å². The molecule has 4 atom stereocenters. The number of fused-ring (bicyclic) bond motifs is 1. The first-order chi connectivity index (χ1) is 7.72. The second-order valence-corrected chi connectivity index (χ2v) is 6.89. The summed E-state index contributed by atoms with van der Waals surface area (Å²) in [6.45, 7) is 7.96. The molecule has 0 aromatic rings. The SMILES string of the molecule is CC1=CC2C(C(C)(C)O)CCC(C)(O)C2CC1. The third-order valence-corrected chi connectivity index (χ3v) is 4.92. The number of allylic oxidation sites excluding steroid dienone is 2. The van der Waals surface area contributed by atoms with Crippen molar-refractivity contribution >= 4 is 0 Å². The molecule has 0 saturated heterocycles. The summed E-state index contributed by atoms with van der Waals surface area (Å²) < 4.78 is 0. The third-order valence-electron chi connectivity index (χ3n) is 4.92. The average molecular weight is 238 g/mol. The fourth-order valence-corrected chi connectivity index (χ4v) is 3.88. The van der Waals surface area contributed by atoms with Gasteiger partial charge in [-0.3, -0.25) is 0 Å². The lowest BCUT2D eigenvalue weighted by molar-refractivity contribution is -0.116. The van der Waals surface area contributed by atoms with Crippen molar-refractivity contribution in [2.45, 2.75) is 64.6 Å². The Labute approximate surface area is 105 Å². The molecule has 0 aromatic heterocycles. The van der Waals surface area contributed by atoms with Crippen molar-refractivity contribution in [1.82, 2.24) is 0 Å². The lowest BCUT2D eigenvalue weighted by atomic mass is 9.57. The van der Waals surface area contributed by atoms with Crippen LogP contribution in [0.5, 0.6) is 0 Å². The van der Waals surface area contributed by atoms with Gasteiger partial charge in [0, 0.05) is 0 Å². The number of hydrogen-bond acceptors (Lipinski definition) is 2. The zero-order valence-corrected chi connectivity index (χ0v) is 11.5. The van der Waals surface area contributed by atoms with Crippen LogP contribution in [-0.2, 0) is 0 Å². The van der Waals surface area contributed by atoms with Crippen LogP contribution in [0.2, 0.25) is 0 Å². The number of rotatable bonds is 1. The first-order valence-corrected chi connectivity index (χ1v) is 6.84. The van der Waals surface area contributed by atoms with Crippen molar-refractivity contribution in [2.75, 3.05) is 0 Å². The van der Waals surface area contributed by atoms with Crippen molar-refractivity contribution in [3.05, 3.63) is 11.6 Å². The molecule has 98 valence electrons. The molecule has 0 spiro atoms. The van der Waals surface area contributed by atoms with Crippen molar-refractivity contribution in [3.63, 3.8) is 0 Å². The van der Waals surface area contributed by atoms with E-state index < -0.39 is 11.2 Å². The molecule has 4 unspecified atom stereocenters. The fourth-order valence-electron chi connectivity index (χ4n) is 3.88. The van der Waals surface area contributed by atoms with Gasteiger partial charge in [0.25, 0.3) is 0 Å². The van der Waals surface area contributed by atoms with Crippen LogP contribution >= 0.6 is 0 Å². The molecule has 0 amide bonds. The molecule has 0 aliphatic heterocycles. The molecule has 2 rings (SSSR count). The van der Waals surface area contributed by atoms with Crippen LogP contribution in [-0.4, -0.2) is 21.4 Å². The molecular weight excluding hydrogens is 212 g/mol. The Hall–Kier alpha value is -0.340. The largest absolute Gasteiger partial charge is 0.390 e. The van der Waals surface area contributed by atoms with E-state index in [1.165, 1.54) is 5.57 Å². The summed E-state index contributed by atoms with van der Waals surface area (Å²) in [7, 11) is 0. The van der Waals surface area contributed by atoms with Crippen LogP contribution in [0.15, 0.2) is 11.6 Å². The van der Waals surface area contributed by atoms with Gasteiger partial charge in [0.05, 0.1) is 11.2 Å². The molecule has 1 fully saturated rings. The highest BCUT2D eigenvalue weighted by atomic mass is 16.3. The van der Waals surface area contributed by atoms with Crippen molar-refractivity contribution in [3.8, 4) is 0 Å². The van der Waals surface area contributed by atoms with Crippen LogP contribution in [0, 0.1) is 17.8 Å². The van der Waals surface area contributed by atoms with Crippen LogP contribution in [0.3, 0.4) is 0 Å². The highest BCUT2D eigenvalue weighted by molar-refractivity contribution is 5.15. The molecule has 0 radical (unpaired) electrons. The predicted molar refractivity (Wildman–Crippen MR) is 69.6 cm³/mol. The summed E-state index contributed by atoms with van der Waals surface area (Å²) in [5.41, 5.74) is 0.218. The van der Waals surface area contributed by atoms with Gasteiger partial charge >= 0.3 is 0 Å². The molecule has 2 nitrogen and oxygen atoms in total. The maximum Gasteiger partial charge on any atom is 0.0653 e. The lowest BCUT2D eigenvalue weighted by Crippen LogP contribution is -2.52. The van der Waals surface area contributed by atoms with E-state index in [-0.39, 0.29) is 5.92 Å². The Kier molecular flexibility index (Phi) is 3.16. The summed E-state index contributed by atoms with van der Waals surface area (Å²) in [6.07, 6.45) is 6.20. The molecule has 2 heteroatoms. The van der Waals surface area contributed by atoms with Crippen LogP contribution in [0.25, 0.3) is 0 Å². The van der Waals surface area contributed by atoms with E-state index in [4.69, 9.17) is 0 Å². The standard InChI is InChI=1S/C15H26O2/c1-10-5-6-13-11(9-10)12(14(2,3)16)7-8-15(13,4)17/h9,11-13,16-17H,5-8H2,1-4H3. The smallest absolute Gasteiger partial charge is 0.0653 e. The zero-order valence-electron chi connectivity index (χ0n) is 11.5. The van der Waals surface area contributed by atoms with E-state index in [0.717, 1.165) is 25.7 Å². The summed E-state index contributed by atoms with van der Waals surface area (Å²) in [5, 5.41) is 20.9. The van der Waals surface area contributed by atoms with E-state index in [1.807, 2.05) is 20.8 Å². The van der Waals surface area contributed by atoms with Crippen molar-refractivity contribution in [2.24, 2.45) is 17.8 Å². The molecule has 0 bridgehead atoms. The minimum Gasteiger partial charge on any atom is -0.390 e. The molecule has 1 saturated carbocycles. The summed E-state index contributed by atoms with van der Waals surface area (Å²) in [6, 6.07) is 0. The molecule has 2 aliphatic rings. The van der Waals surface area contributed by atoms with Crippen LogP contribution in [0.1, 0.15) is 53.4 Å².